The molecule has 2 aromatic carbocycles. The second-order valence-electron chi connectivity index (χ2n) is 8.66. The number of benzene rings is 2. The maximum Gasteiger partial charge on any atom is 0.337 e. The number of ether oxygens (including phenoxy) is 4. The van der Waals surface area contributed by atoms with Gasteiger partial charge >= 0.3 is 5.97 Å². The van der Waals surface area contributed by atoms with Gasteiger partial charge in [-0.05, 0) is 34.9 Å². The lowest BCUT2D eigenvalue weighted by molar-refractivity contribution is -0.151. The van der Waals surface area contributed by atoms with Crippen LogP contribution in [0.2, 0.25) is 0 Å². The van der Waals surface area contributed by atoms with Crippen molar-refractivity contribution >= 4 is 11.9 Å². The Morgan fingerprint density at radius 3 is 2.61 bits per heavy atom. The number of carbonyl (C=O) groups is 2. The maximum absolute atomic E-state index is 13.2. The van der Waals surface area contributed by atoms with Crippen LogP contribution in [0.15, 0.2) is 60.4 Å². The minimum Gasteiger partial charge on any atom is -0.465 e. The van der Waals surface area contributed by atoms with Crippen LogP contribution in [0, 0.1) is 0 Å². The van der Waals surface area contributed by atoms with Crippen molar-refractivity contribution in [2.45, 2.75) is 37.2 Å². The second kappa shape index (κ2) is 12.1. The molecule has 0 bridgehead atoms. The summed E-state index contributed by atoms with van der Waals surface area (Å²) in [6.45, 7) is 0.632. The zero-order valence-corrected chi connectivity index (χ0v) is 20.1. The third-order valence-corrected chi connectivity index (χ3v) is 6.30. The summed E-state index contributed by atoms with van der Waals surface area (Å²) < 4.78 is 21.7. The van der Waals surface area contributed by atoms with E-state index in [-0.39, 0.29) is 38.1 Å². The van der Waals surface area contributed by atoms with Gasteiger partial charge in [0.2, 0.25) is 6.29 Å². The molecular weight excluding hydrogens is 466 g/mol. The summed E-state index contributed by atoms with van der Waals surface area (Å²) in [5.74, 6) is -0.989. The number of fused-ring (bicyclic) bond motifs is 1. The lowest BCUT2D eigenvalue weighted by Crippen LogP contribution is -2.38. The molecule has 1 aliphatic carbocycles. The minimum atomic E-state index is -0.729. The highest BCUT2D eigenvalue weighted by atomic mass is 16.7. The number of aliphatic hydroxyl groups is 2. The molecule has 1 aliphatic heterocycles. The average molecular weight is 498 g/mol. The molecule has 2 aliphatic rings. The fourth-order valence-corrected chi connectivity index (χ4v) is 4.50. The van der Waals surface area contributed by atoms with Gasteiger partial charge in [0, 0.05) is 18.8 Å². The van der Waals surface area contributed by atoms with Crippen LogP contribution in [-0.4, -0.2) is 68.0 Å². The summed E-state index contributed by atoms with van der Waals surface area (Å²) >= 11 is 0. The van der Waals surface area contributed by atoms with E-state index >= 15 is 0 Å². The van der Waals surface area contributed by atoms with E-state index in [2.05, 4.69) is 5.32 Å². The Balaban J connectivity index is 1.51. The first-order valence-corrected chi connectivity index (χ1v) is 11.9. The molecule has 0 aromatic heterocycles. The first-order valence-electron chi connectivity index (χ1n) is 11.9. The largest absolute Gasteiger partial charge is 0.465 e. The molecule has 2 aromatic rings. The standard InChI is InChI=1S/C27H31NO8/c1-33-27(32)18-8-6-17(7-9-18)20-15-23(36-24(16-20)35-13-12-34-11-10-29)26(31)28-25-21-5-3-2-4-19(21)14-22(25)30/h2-9,15,20,22,24-25,29-30H,10-14,16H2,1H3,(H,28,31)/t20-,22-,24+,25+/m1/s1. The summed E-state index contributed by atoms with van der Waals surface area (Å²) in [6.07, 6.45) is 1.21. The molecule has 3 N–H and O–H groups in total. The van der Waals surface area contributed by atoms with Gasteiger partial charge in [0.25, 0.3) is 5.91 Å². The van der Waals surface area contributed by atoms with Gasteiger partial charge in [0.15, 0.2) is 5.76 Å². The molecule has 1 amide bonds. The fraction of sp³-hybridized carbons (Fsp3) is 0.407. The van der Waals surface area contributed by atoms with Gasteiger partial charge < -0.3 is 34.5 Å². The summed E-state index contributed by atoms with van der Waals surface area (Å²) in [5.41, 5.74) is 3.20. The van der Waals surface area contributed by atoms with Crippen LogP contribution in [-0.2, 0) is 30.2 Å². The molecule has 0 fully saturated rings. The number of hydrogen-bond acceptors (Lipinski definition) is 8. The molecule has 0 spiro atoms. The predicted molar refractivity (Wildman–Crippen MR) is 129 cm³/mol. The molecule has 4 atom stereocenters. The number of methoxy groups -OCH3 is 1. The molecule has 0 radical (unpaired) electrons. The van der Waals surface area contributed by atoms with Crippen molar-refractivity contribution in [3.63, 3.8) is 0 Å². The molecule has 4 rings (SSSR count). The van der Waals surface area contributed by atoms with Gasteiger partial charge in [0.05, 0.1) is 51.2 Å². The Morgan fingerprint density at radius 2 is 1.86 bits per heavy atom. The minimum absolute atomic E-state index is 0.0766. The highest BCUT2D eigenvalue weighted by Crippen LogP contribution is 2.34. The number of aliphatic hydroxyl groups excluding tert-OH is 2. The normalized spacial score (nSPS) is 22.8. The molecule has 36 heavy (non-hydrogen) atoms. The van der Waals surface area contributed by atoms with Crippen LogP contribution in [0.4, 0.5) is 0 Å². The first-order chi connectivity index (χ1) is 17.5. The average Bonchev–Trinajstić information content (AvgIpc) is 3.22. The van der Waals surface area contributed by atoms with Gasteiger partial charge in [-0.2, -0.15) is 0 Å². The van der Waals surface area contributed by atoms with E-state index in [1.54, 1.807) is 18.2 Å². The van der Waals surface area contributed by atoms with E-state index in [1.807, 2.05) is 36.4 Å². The predicted octanol–water partition coefficient (Wildman–Crippen LogP) is 1.99. The smallest absolute Gasteiger partial charge is 0.337 e. The quantitative estimate of drug-likeness (QED) is 0.336. The monoisotopic (exact) mass is 497 g/mol. The van der Waals surface area contributed by atoms with Crippen molar-refractivity contribution < 1.29 is 38.7 Å². The Labute approximate surface area is 209 Å². The highest BCUT2D eigenvalue weighted by Gasteiger charge is 2.35. The number of nitrogens with one attached hydrogen (secondary N) is 1. The highest BCUT2D eigenvalue weighted by molar-refractivity contribution is 5.92. The van der Waals surface area contributed by atoms with Crippen molar-refractivity contribution in [1.82, 2.24) is 5.32 Å². The van der Waals surface area contributed by atoms with E-state index in [0.29, 0.717) is 18.4 Å². The SMILES string of the molecule is COC(=O)c1ccc([C@@H]2C=C(C(=O)N[C@H]3c4ccccc4C[C@H]3O)O[C@H](OCCOCCO)C2)cc1. The molecular formula is C27H31NO8. The fourth-order valence-electron chi connectivity index (χ4n) is 4.50. The number of hydrogen-bond donors (Lipinski definition) is 3. The van der Waals surface area contributed by atoms with Crippen molar-refractivity contribution in [1.29, 1.82) is 0 Å². The van der Waals surface area contributed by atoms with Crippen LogP contribution in [0.3, 0.4) is 0 Å². The number of esters is 1. The lowest BCUT2D eigenvalue weighted by Gasteiger charge is -2.30. The van der Waals surface area contributed by atoms with Crippen molar-refractivity contribution in [2.24, 2.45) is 0 Å². The van der Waals surface area contributed by atoms with Gasteiger partial charge in [0.1, 0.15) is 0 Å². The zero-order valence-electron chi connectivity index (χ0n) is 20.1. The van der Waals surface area contributed by atoms with E-state index in [9.17, 15) is 14.7 Å². The Bertz CT molecular complexity index is 1080. The van der Waals surface area contributed by atoms with Gasteiger partial charge in [-0.15, -0.1) is 0 Å². The summed E-state index contributed by atoms with van der Waals surface area (Å²) in [7, 11) is 1.33. The number of carbonyl (C=O) groups excluding carboxylic acids is 2. The van der Waals surface area contributed by atoms with Crippen LogP contribution >= 0.6 is 0 Å². The van der Waals surface area contributed by atoms with Gasteiger partial charge in [-0.3, -0.25) is 4.79 Å². The Kier molecular flexibility index (Phi) is 8.71. The molecule has 0 saturated heterocycles. The molecule has 0 unspecified atom stereocenters. The molecule has 1 heterocycles. The zero-order chi connectivity index (χ0) is 25.5. The molecule has 0 saturated carbocycles. The Morgan fingerprint density at radius 1 is 1.08 bits per heavy atom. The van der Waals surface area contributed by atoms with Crippen molar-refractivity contribution in [2.75, 3.05) is 33.5 Å². The molecule has 9 heteroatoms. The van der Waals surface area contributed by atoms with Crippen LogP contribution in [0.1, 0.15) is 45.4 Å². The van der Waals surface area contributed by atoms with E-state index in [1.165, 1.54) is 7.11 Å². The topological polar surface area (TPSA) is 124 Å². The second-order valence-corrected chi connectivity index (χ2v) is 8.66. The number of allylic oxidation sites excluding steroid dienone is 1. The number of amides is 1. The van der Waals surface area contributed by atoms with Crippen molar-refractivity contribution in [3.8, 4) is 0 Å². The van der Waals surface area contributed by atoms with Crippen LogP contribution in [0.25, 0.3) is 0 Å². The van der Waals surface area contributed by atoms with E-state index in [4.69, 9.17) is 24.1 Å². The summed E-state index contributed by atoms with van der Waals surface area (Å²) in [6, 6.07) is 14.1. The van der Waals surface area contributed by atoms with Crippen LogP contribution < -0.4 is 5.32 Å². The third kappa shape index (κ3) is 6.11. The summed E-state index contributed by atoms with van der Waals surface area (Å²) in [5, 5.41) is 22.3. The summed E-state index contributed by atoms with van der Waals surface area (Å²) in [4.78, 5) is 25.0. The van der Waals surface area contributed by atoms with Crippen LogP contribution in [0.5, 0.6) is 0 Å². The van der Waals surface area contributed by atoms with Crippen molar-refractivity contribution in [3.05, 3.63) is 82.6 Å². The van der Waals surface area contributed by atoms with E-state index < -0.39 is 30.3 Å². The molecule has 9 nitrogen and oxygen atoms in total. The first kappa shape index (κ1) is 25.8. The third-order valence-electron chi connectivity index (χ3n) is 6.30. The Hall–Kier alpha value is -3.24. The lowest BCUT2D eigenvalue weighted by atomic mass is 9.92. The molecule has 192 valence electrons. The van der Waals surface area contributed by atoms with Gasteiger partial charge in [-0.25, -0.2) is 4.79 Å². The van der Waals surface area contributed by atoms with Gasteiger partial charge in [-0.1, -0.05) is 36.4 Å². The maximum atomic E-state index is 13.2. The number of rotatable bonds is 10. The van der Waals surface area contributed by atoms with E-state index in [0.717, 1.165) is 16.7 Å².